The van der Waals surface area contributed by atoms with Crippen molar-refractivity contribution in [3.63, 3.8) is 0 Å². The second kappa shape index (κ2) is 4.55. The normalized spacial score (nSPS) is 12.8. The molecule has 0 heterocycles. The van der Waals surface area contributed by atoms with Gasteiger partial charge in [-0.2, -0.15) is 0 Å². The molecule has 90 valence electrons. The van der Waals surface area contributed by atoms with Gasteiger partial charge in [-0.05, 0) is 36.1 Å². The van der Waals surface area contributed by atoms with Crippen molar-refractivity contribution in [2.24, 2.45) is 11.1 Å². The summed E-state index contributed by atoms with van der Waals surface area (Å²) in [5, 5.41) is 0. The minimum atomic E-state index is -3.09. The van der Waals surface area contributed by atoms with E-state index in [1.807, 2.05) is 12.1 Å². The number of hydrogen-bond acceptors (Lipinski definition) is 3. The van der Waals surface area contributed by atoms with Crippen LogP contribution >= 0.6 is 0 Å². The fourth-order valence-corrected chi connectivity index (χ4v) is 2.11. The van der Waals surface area contributed by atoms with Crippen molar-refractivity contribution in [1.29, 1.82) is 0 Å². The fourth-order valence-electron chi connectivity index (χ4n) is 1.48. The zero-order valence-electron chi connectivity index (χ0n) is 10.0. The first-order chi connectivity index (χ1) is 7.24. The van der Waals surface area contributed by atoms with Crippen molar-refractivity contribution in [2.45, 2.75) is 25.2 Å². The highest BCUT2D eigenvalue weighted by atomic mass is 32.2. The standard InChI is InChI=1S/C12H19NO2S/c1-12(2,9-13)8-10-4-6-11(7-5-10)16(3,14)15/h4-7H,8-9,13H2,1-3H3. The summed E-state index contributed by atoms with van der Waals surface area (Å²) in [6, 6.07) is 7.01. The van der Waals surface area contributed by atoms with Crippen LogP contribution in [-0.2, 0) is 16.3 Å². The molecule has 0 atom stereocenters. The fraction of sp³-hybridized carbons (Fsp3) is 0.500. The lowest BCUT2D eigenvalue weighted by molar-refractivity contribution is 0.376. The molecule has 0 fully saturated rings. The number of hydrogen-bond donors (Lipinski definition) is 1. The number of benzene rings is 1. The predicted octanol–water partition coefficient (Wildman–Crippen LogP) is 1.62. The molecule has 1 aromatic carbocycles. The summed E-state index contributed by atoms with van der Waals surface area (Å²) in [5.41, 5.74) is 6.82. The zero-order valence-corrected chi connectivity index (χ0v) is 10.8. The molecule has 0 aliphatic rings. The monoisotopic (exact) mass is 241 g/mol. The van der Waals surface area contributed by atoms with Gasteiger partial charge in [-0.25, -0.2) is 8.42 Å². The molecule has 0 saturated heterocycles. The molecule has 0 spiro atoms. The SMILES string of the molecule is CC(C)(CN)Cc1ccc(S(C)(=O)=O)cc1. The largest absolute Gasteiger partial charge is 0.330 e. The molecule has 0 amide bonds. The van der Waals surface area contributed by atoms with Gasteiger partial charge in [0.1, 0.15) is 0 Å². The third kappa shape index (κ3) is 3.61. The van der Waals surface area contributed by atoms with Crippen molar-refractivity contribution in [3.8, 4) is 0 Å². The summed E-state index contributed by atoms with van der Waals surface area (Å²) in [4.78, 5) is 0.363. The quantitative estimate of drug-likeness (QED) is 0.871. The summed E-state index contributed by atoms with van der Waals surface area (Å²) in [6.07, 6.45) is 2.07. The van der Waals surface area contributed by atoms with Crippen molar-refractivity contribution >= 4 is 9.84 Å². The Labute approximate surface area is 97.6 Å². The maximum absolute atomic E-state index is 11.3. The third-order valence-corrected chi connectivity index (χ3v) is 3.72. The lowest BCUT2D eigenvalue weighted by atomic mass is 9.86. The molecule has 2 N–H and O–H groups in total. The van der Waals surface area contributed by atoms with Gasteiger partial charge in [-0.1, -0.05) is 26.0 Å². The number of nitrogens with two attached hydrogens (primary N) is 1. The van der Waals surface area contributed by atoms with Crippen LogP contribution in [0.5, 0.6) is 0 Å². The molecule has 0 aromatic heterocycles. The van der Waals surface area contributed by atoms with Crippen molar-refractivity contribution in [3.05, 3.63) is 29.8 Å². The summed E-state index contributed by atoms with van der Waals surface area (Å²) in [5.74, 6) is 0. The van der Waals surface area contributed by atoms with Crippen LogP contribution in [0.3, 0.4) is 0 Å². The second-order valence-electron chi connectivity index (χ2n) is 4.96. The van der Waals surface area contributed by atoms with Crippen LogP contribution in [0.1, 0.15) is 19.4 Å². The summed E-state index contributed by atoms with van der Waals surface area (Å²) in [6.45, 7) is 4.80. The zero-order chi connectivity index (χ0) is 12.4. The molecular weight excluding hydrogens is 222 g/mol. The Morgan fingerprint density at radius 1 is 1.19 bits per heavy atom. The van der Waals surface area contributed by atoms with E-state index in [4.69, 9.17) is 5.73 Å². The van der Waals surface area contributed by atoms with E-state index < -0.39 is 9.84 Å². The molecule has 1 aromatic rings. The minimum Gasteiger partial charge on any atom is -0.330 e. The van der Waals surface area contributed by atoms with Crippen LogP contribution in [0, 0.1) is 5.41 Å². The van der Waals surface area contributed by atoms with E-state index in [0.717, 1.165) is 12.0 Å². The van der Waals surface area contributed by atoms with Gasteiger partial charge in [0.2, 0.25) is 0 Å². The Hall–Kier alpha value is -0.870. The molecule has 0 unspecified atom stereocenters. The van der Waals surface area contributed by atoms with E-state index in [1.165, 1.54) is 6.26 Å². The van der Waals surface area contributed by atoms with Gasteiger partial charge in [0.15, 0.2) is 9.84 Å². The number of sulfone groups is 1. The van der Waals surface area contributed by atoms with Crippen molar-refractivity contribution < 1.29 is 8.42 Å². The van der Waals surface area contributed by atoms with Gasteiger partial charge < -0.3 is 5.73 Å². The Bertz CT molecular complexity index is 446. The maximum Gasteiger partial charge on any atom is 0.175 e. The van der Waals surface area contributed by atoms with Crippen LogP contribution in [0.25, 0.3) is 0 Å². The van der Waals surface area contributed by atoms with E-state index in [1.54, 1.807) is 12.1 Å². The Kier molecular flexibility index (Phi) is 3.76. The third-order valence-electron chi connectivity index (χ3n) is 2.59. The average Bonchev–Trinajstić information content (AvgIpc) is 2.16. The molecule has 1 rings (SSSR count). The molecule has 0 bridgehead atoms. The van der Waals surface area contributed by atoms with Gasteiger partial charge in [0, 0.05) is 6.26 Å². The highest BCUT2D eigenvalue weighted by Gasteiger charge is 2.16. The molecule has 0 radical (unpaired) electrons. The summed E-state index contributed by atoms with van der Waals surface area (Å²) in [7, 11) is -3.09. The van der Waals surface area contributed by atoms with E-state index in [0.29, 0.717) is 11.4 Å². The van der Waals surface area contributed by atoms with Crippen LogP contribution in [0.2, 0.25) is 0 Å². The van der Waals surface area contributed by atoms with Crippen molar-refractivity contribution in [2.75, 3.05) is 12.8 Å². The van der Waals surface area contributed by atoms with Gasteiger partial charge in [0.05, 0.1) is 4.90 Å². The van der Waals surface area contributed by atoms with E-state index in [9.17, 15) is 8.42 Å². The molecule has 3 nitrogen and oxygen atoms in total. The van der Waals surface area contributed by atoms with Crippen LogP contribution in [0.4, 0.5) is 0 Å². The van der Waals surface area contributed by atoms with Gasteiger partial charge in [0.25, 0.3) is 0 Å². The maximum atomic E-state index is 11.3. The smallest absolute Gasteiger partial charge is 0.175 e. The van der Waals surface area contributed by atoms with Crippen molar-refractivity contribution in [1.82, 2.24) is 0 Å². The molecule has 0 saturated carbocycles. The first-order valence-electron chi connectivity index (χ1n) is 5.24. The molecule has 0 aliphatic heterocycles. The van der Waals surface area contributed by atoms with E-state index >= 15 is 0 Å². The predicted molar refractivity (Wildman–Crippen MR) is 66.1 cm³/mol. The van der Waals surface area contributed by atoms with Gasteiger partial charge >= 0.3 is 0 Å². The Morgan fingerprint density at radius 3 is 2.06 bits per heavy atom. The van der Waals surface area contributed by atoms with Crippen LogP contribution in [-0.4, -0.2) is 21.2 Å². The highest BCUT2D eigenvalue weighted by molar-refractivity contribution is 7.90. The average molecular weight is 241 g/mol. The lowest BCUT2D eigenvalue weighted by Crippen LogP contribution is -2.25. The molecular formula is C12H19NO2S. The lowest BCUT2D eigenvalue weighted by Gasteiger charge is -2.22. The molecule has 16 heavy (non-hydrogen) atoms. The number of rotatable bonds is 4. The Balaban J connectivity index is 2.89. The second-order valence-corrected chi connectivity index (χ2v) is 6.98. The minimum absolute atomic E-state index is 0.0482. The molecule has 0 aliphatic carbocycles. The first kappa shape index (κ1) is 13.2. The van der Waals surface area contributed by atoms with E-state index in [2.05, 4.69) is 13.8 Å². The topological polar surface area (TPSA) is 60.2 Å². The Morgan fingerprint density at radius 2 is 1.69 bits per heavy atom. The first-order valence-corrected chi connectivity index (χ1v) is 7.13. The summed E-state index contributed by atoms with van der Waals surface area (Å²) < 4.78 is 22.5. The highest BCUT2D eigenvalue weighted by Crippen LogP contribution is 2.21. The summed E-state index contributed by atoms with van der Waals surface area (Å²) >= 11 is 0. The van der Waals surface area contributed by atoms with Gasteiger partial charge in [-0.3, -0.25) is 0 Å². The van der Waals surface area contributed by atoms with E-state index in [-0.39, 0.29) is 5.41 Å². The van der Waals surface area contributed by atoms with Crippen LogP contribution < -0.4 is 5.73 Å². The van der Waals surface area contributed by atoms with Crippen LogP contribution in [0.15, 0.2) is 29.2 Å². The van der Waals surface area contributed by atoms with Gasteiger partial charge in [-0.15, -0.1) is 0 Å². The molecule has 4 heteroatoms.